The number of H-pyrrole nitrogens is 1. The monoisotopic (exact) mass is 495 g/mol. The minimum Gasteiger partial charge on any atom is -0.354 e. The van der Waals surface area contributed by atoms with Gasteiger partial charge in [-0.15, -0.1) is 0 Å². The molecule has 3 aromatic heterocycles. The zero-order valence-corrected chi connectivity index (χ0v) is 21.1. The molecule has 2 aliphatic rings. The van der Waals surface area contributed by atoms with Gasteiger partial charge in [0.05, 0.1) is 23.0 Å². The predicted molar refractivity (Wildman–Crippen MR) is 144 cm³/mol. The molecule has 188 valence electrons. The largest absolute Gasteiger partial charge is 0.354 e. The van der Waals surface area contributed by atoms with Crippen molar-refractivity contribution in [3.63, 3.8) is 0 Å². The van der Waals surface area contributed by atoms with Crippen molar-refractivity contribution in [1.82, 2.24) is 25.2 Å². The topological polar surface area (TPSA) is 106 Å². The van der Waals surface area contributed by atoms with Gasteiger partial charge in [-0.2, -0.15) is 0 Å². The van der Waals surface area contributed by atoms with E-state index in [9.17, 15) is 9.59 Å². The number of nitrogens with zero attached hydrogens (tertiary/aromatic N) is 4. The van der Waals surface area contributed by atoms with Crippen LogP contribution in [0.2, 0.25) is 0 Å². The molecule has 3 N–H and O–H groups in total. The number of anilines is 2. The van der Waals surface area contributed by atoms with Gasteiger partial charge in [-0.05, 0) is 62.4 Å². The van der Waals surface area contributed by atoms with Crippen molar-refractivity contribution >= 4 is 34.4 Å². The van der Waals surface area contributed by atoms with Crippen LogP contribution in [0, 0.1) is 0 Å². The Morgan fingerprint density at radius 2 is 1.81 bits per heavy atom. The lowest BCUT2D eigenvalue weighted by Gasteiger charge is -2.33. The number of carbonyl (C=O) groups is 2. The molecule has 4 aromatic rings. The molecule has 0 aliphatic carbocycles. The van der Waals surface area contributed by atoms with Crippen LogP contribution in [-0.2, 0) is 5.54 Å². The molecule has 9 nitrogen and oxygen atoms in total. The van der Waals surface area contributed by atoms with Crippen molar-refractivity contribution in [3.8, 4) is 11.1 Å². The van der Waals surface area contributed by atoms with Gasteiger partial charge in [-0.25, -0.2) is 9.97 Å². The second kappa shape index (κ2) is 8.70. The molecule has 0 atom stereocenters. The summed E-state index contributed by atoms with van der Waals surface area (Å²) in [4.78, 5) is 42.1. The first kappa shape index (κ1) is 23.2. The SMILES string of the molecule is CN1CCN(c2ccc(NC(=O)c3cnc4[nH]cc(-c5ccc6c(c5)C(C)(C)NC6=O)c4c3)cn2)CC1. The molecule has 0 unspecified atom stereocenters. The number of pyridine rings is 2. The van der Waals surface area contributed by atoms with E-state index in [4.69, 9.17) is 0 Å². The second-order valence-electron chi connectivity index (χ2n) is 10.3. The first-order valence-electron chi connectivity index (χ1n) is 12.4. The molecule has 37 heavy (non-hydrogen) atoms. The van der Waals surface area contributed by atoms with E-state index in [2.05, 4.69) is 42.4 Å². The van der Waals surface area contributed by atoms with E-state index in [1.54, 1.807) is 12.4 Å². The Labute approximate surface area is 214 Å². The maximum absolute atomic E-state index is 13.1. The average molecular weight is 496 g/mol. The van der Waals surface area contributed by atoms with Crippen LogP contribution in [0.4, 0.5) is 11.5 Å². The summed E-state index contributed by atoms with van der Waals surface area (Å²) in [5, 5.41) is 6.79. The first-order chi connectivity index (χ1) is 17.8. The molecule has 1 fully saturated rings. The van der Waals surface area contributed by atoms with Gasteiger partial charge in [0.25, 0.3) is 11.8 Å². The quantitative estimate of drug-likeness (QED) is 0.399. The van der Waals surface area contributed by atoms with Gasteiger partial charge in [-0.1, -0.05) is 6.07 Å². The third-order valence-corrected chi connectivity index (χ3v) is 7.30. The number of amides is 2. The van der Waals surface area contributed by atoms with Gasteiger partial charge < -0.3 is 25.4 Å². The van der Waals surface area contributed by atoms with E-state index in [0.29, 0.717) is 22.5 Å². The van der Waals surface area contributed by atoms with Gasteiger partial charge in [0.15, 0.2) is 0 Å². The Morgan fingerprint density at radius 1 is 1.00 bits per heavy atom. The molecular formula is C28H29N7O2. The van der Waals surface area contributed by atoms with Gasteiger partial charge in [0, 0.05) is 55.1 Å². The van der Waals surface area contributed by atoms with Gasteiger partial charge in [0.1, 0.15) is 11.5 Å². The van der Waals surface area contributed by atoms with Gasteiger partial charge in [-0.3, -0.25) is 9.59 Å². The number of benzene rings is 1. The van der Waals surface area contributed by atoms with Gasteiger partial charge in [0.2, 0.25) is 0 Å². The molecule has 0 bridgehead atoms. The number of rotatable bonds is 4. The van der Waals surface area contributed by atoms with Crippen LogP contribution in [0.25, 0.3) is 22.2 Å². The lowest BCUT2D eigenvalue weighted by atomic mass is 9.91. The fourth-order valence-electron chi connectivity index (χ4n) is 5.10. The van der Waals surface area contributed by atoms with E-state index in [1.165, 1.54) is 0 Å². The highest BCUT2D eigenvalue weighted by Gasteiger charge is 2.35. The molecule has 2 amide bonds. The highest BCUT2D eigenvalue weighted by atomic mass is 16.2. The number of fused-ring (bicyclic) bond motifs is 2. The fraction of sp³-hybridized carbons (Fsp3) is 0.286. The summed E-state index contributed by atoms with van der Waals surface area (Å²) in [7, 11) is 2.12. The zero-order valence-electron chi connectivity index (χ0n) is 21.1. The molecular weight excluding hydrogens is 466 g/mol. The van der Waals surface area contributed by atoms with E-state index < -0.39 is 5.54 Å². The lowest BCUT2D eigenvalue weighted by molar-refractivity contribution is 0.0939. The summed E-state index contributed by atoms with van der Waals surface area (Å²) < 4.78 is 0. The Morgan fingerprint density at radius 3 is 2.57 bits per heavy atom. The third kappa shape index (κ3) is 4.21. The average Bonchev–Trinajstić information content (AvgIpc) is 3.42. The van der Waals surface area contributed by atoms with Gasteiger partial charge >= 0.3 is 0 Å². The number of aromatic amines is 1. The van der Waals surface area contributed by atoms with Crippen molar-refractivity contribution in [2.45, 2.75) is 19.4 Å². The first-order valence-corrected chi connectivity index (χ1v) is 12.4. The minimum absolute atomic E-state index is 0.0582. The molecule has 0 spiro atoms. The summed E-state index contributed by atoms with van der Waals surface area (Å²) in [6, 6.07) is 11.5. The number of likely N-dealkylation sites (N-methyl/N-ethyl adjacent to an activating group) is 1. The second-order valence-corrected chi connectivity index (χ2v) is 10.3. The number of nitrogens with one attached hydrogen (secondary N) is 3. The molecule has 0 saturated carbocycles. The Bertz CT molecular complexity index is 1520. The molecule has 0 radical (unpaired) electrons. The van der Waals surface area contributed by atoms with Crippen LogP contribution < -0.4 is 15.5 Å². The number of hydrogen-bond acceptors (Lipinski definition) is 6. The van der Waals surface area contributed by atoms with Crippen LogP contribution in [0.1, 0.15) is 40.1 Å². The van der Waals surface area contributed by atoms with Crippen LogP contribution in [-0.4, -0.2) is 64.9 Å². The fourth-order valence-corrected chi connectivity index (χ4v) is 5.10. The molecule has 1 saturated heterocycles. The highest BCUT2D eigenvalue weighted by Crippen LogP contribution is 2.36. The van der Waals surface area contributed by atoms with E-state index in [1.807, 2.05) is 56.4 Å². The number of aromatic nitrogens is 3. The zero-order chi connectivity index (χ0) is 25.7. The normalized spacial score (nSPS) is 17.1. The van der Waals surface area contributed by atoms with Crippen molar-refractivity contribution in [2.24, 2.45) is 0 Å². The predicted octanol–water partition coefficient (Wildman–Crippen LogP) is 3.61. The Kier molecular flexibility index (Phi) is 5.45. The summed E-state index contributed by atoms with van der Waals surface area (Å²) in [5.41, 5.74) is 4.87. The van der Waals surface area contributed by atoms with Crippen molar-refractivity contribution < 1.29 is 9.59 Å². The van der Waals surface area contributed by atoms with E-state index >= 15 is 0 Å². The minimum atomic E-state index is -0.439. The maximum atomic E-state index is 13.1. The summed E-state index contributed by atoms with van der Waals surface area (Å²) in [6.45, 7) is 7.88. The molecule has 5 heterocycles. The summed E-state index contributed by atoms with van der Waals surface area (Å²) >= 11 is 0. The molecule has 9 heteroatoms. The lowest BCUT2D eigenvalue weighted by Crippen LogP contribution is -2.44. The van der Waals surface area contributed by atoms with Crippen molar-refractivity contribution in [1.29, 1.82) is 0 Å². The van der Waals surface area contributed by atoms with Crippen molar-refractivity contribution in [3.05, 3.63) is 71.7 Å². The van der Waals surface area contributed by atoms with Crippen LogP contribution in [0.3, 0.4) is 0 Å². The van der Waals surface area contributed by atoms with Crippen LogP contribution in [0.5, 0.6) is 0 Å². The Hall–Kier alpha value is -4.24. The molecule has 2 aliphatic heterocycles. The standard InChI is InChI=1S/C28H29N7O2/c1-28(2)23-13-17(4-6-20(23)27(37)33-28)22-16-31-25-21(22)12-18(14-30-25)26(36)32-19-5-7-24(29-15-19)35-10-8-34(3)9-11-35/h4-7,12-16H,8-11H2,1-3H3,(H,30,31)(H,32,36)(H,33,37). The summed E-state index contributed by atoms with van der Waals surface area (Å²) in [6.07, 6.45) is 5.15. The highest BCUT2D eigenvalue weighted by molar-refractivity contribution is 6.07. The van der Waals surface area contributed by atoms with Crippen LogP contribution >= 0.6 is 0 Å². The third-order valence-electron chi connectivity index (χ3n) is 7.30. The number of carbonyl (C=O) groups excluding carboxylic acids is 2. The summed E-state index contributed by atoms with van der Waals surface area (Å²) in [5.74, 6) is 0.610. The molecule has 1 aromatic carbocycles. The van der Waals surface area contributed by atoms with E-state index in [0.717, 1.165) is 54.1 Å². The Balaban J connectivity index is 1.24. The smallest absolute Gasteiger partial charge is 0.257 e. The van der Waals surface area contributed by atoms with Crippen LogP contribution in [0.15, 0.2) is 55.0 Å². The maximum Gasteiger partial charge on any atom is 0.257 e. The van der Waals surface area contributed by atoms with E-state index in [-0.39, 0.29) is 11.8 Å². The number of piperazine rings is 1. The molecule has 6 rings (SSSR count). The van der Waals surface area contributed by atoms with Crippen molar-refractivity contribution in [2.75, 3.05) is 43.4 Å². The number of hydrogen-bond donors (Lipinski definition) is 3.